The van der Waals surface area contributed by atoms with Gasteiger partial charge in [0.2, 0.25) is 0 Å². The van der Waals surface area contributed by atoms with E-state index in [1.807, 2.05) is 74.5 Å². The van der Waals surface area contributed by atoms with Crippen LogP contribution in [-0.2, 0) is 4.74 Å². The average Bonchev–Trinajstić information content (AvgIpc) is 3.06. The van der Waals surface area contributed by atoms with Crippen molar-refractivity contribution in [2.24, 2.45) is 0 Å². The molecule has 0 radical (unpaired) electrons. The molecule has 0 atom stereocenters. The third-order valence-electron chi connectivity index (χ3n) is 6.05. The molecule has 6 heteroatoms. The number of rotatable bonds is 5. The molecule has 0 saturated carbocycles. The molecule has 0 spiro atoms. The molecule has 1 N–H and O–H groups in total. The van der Waals surface area contributed by atoms with Crippen molar-refractivity contribution in [3.8, 4) is 22.3 Å². The van der Waals surface area contributed by atoms with Gasteiger partial charge in [-0.05, 0) is 68.0 Å². The molecule has 1 aliphatic rings. The first kappa shape index (κ1) is 24.2. The molecule has 6 nitrogen and oxygen atoms in total. The number of hydrogen-bond acceptors (Lipinski definition) is 4. The van der Waals surface area contributed by atoms with E-state index in [0.29, 0.717) is 11.1 Å². The van der Waals surface area contributed by atoms with Crippen molar-refractivity contribution < 1.29 is 19.1 Å². The number of carbonyl (C=O) groups is 3. The van der Waals surface area contributed by atoms with Crippen LogP contribution in [0.15, 0.2) is 60.7 Å². The lowest BCUT2D eigenvalue weighted by molar-refractivity contribution is 0.0504. The summed E-state index contributed by atoms with van der Waals surface area (Å²) in [5.41, 5.74) is 5.65. The van der Waals surface area contributed by atoms with Gasteiger partial charge in [-0.15, -0.1) is 0 Å². The zero-order chi connectivity index (χ0) is 25.3. The smallest absolute Gasteiger partial charge is 0.407 e. The molecule has 0 bridgehead atoms. The lowest BCUT2D eigenvalue weighted by Gasteiger charge is -2.20. The first-order valence-corrected chi connectivity index (χ1v) is 11.7. The largest absolute Gasteiger partial charge is 0.444 e. The number of nitrogens with one attached hydrogen (secondary N) is 1. The van der Waals surface area contributed by atoms with Crippen LogP contribution in [0.3, 0.4) is 0 Å². The minimum atomic E-state index is -0.629. The van der Waals surface area contributed by atoms with Crippen LogP contribution in [-0.4, -0.2) is 41.5 Å². The van der Waals surface area contributed by atoms with Crippen LogP contribution in [0.2, 0.25) is 0 Å². The zero-order valence-corrected chi connectivity index (χ0v) is 20.8. The Balaban J connectivity index is 1.75. The summed E-state index contributed by atoms with van der Waals surface area (Å²) in [6, 6.07) is 19.8. The van der Waals surface area contributed by atoms with Crippen molar-refractivity contribution in [2.45, 2.75) is 40.2 Å². The van der Waals surface area contributed by atoms with E-state index in [4.69, 9.17) is 4.74 Å². The molecule has 180 valence electrons. The molecule has 0 aromatic heterocycles. The molecule has 4 rings (SSSR count). The van der Waals surface area contributed by atoms with Gasteiger partial charge in [-0.2, -0.15) is 0 Å². The highest BCUT2D eigenvalue weighted by Gasteiger charge is 2.40. The van der Waals surface area contributed by atoms with Crippen molar-refractivity contribution in [1.29, 1.82) is 0 Å². The Morgan fingerprint density at radius 3 is 1.60 bits per heavy atom. The topological polar surface area (TPSA) is 75.7 Å². The van der Waals surface area contributed by atoms with Crippen LogP contribution in [0.25, 0.3) is 22.3 Å². The summed E-state index contributed by atoms with van der Waals surface area (Å²) in [7, 11) is 0. The first-order valence-electron chi connectivity index (χ1n) is 11.7. The van der Waals surface area contributed by atoms with Crippen LogP contribution >= 0.6 is 0 Å². The summed E-state index contributed by atoms with van der Waals surface area (Å²) in [5.74, 6) is -0.679. The fourth-order valence-corrected chi connectivity index (χ4v) is 4.62. The van der Waals surface area contributed by atoms with Gasteiger partial charge in [0.1, 0.15) is 5.60 Å². The average molecular weight is 471 g/mol. The molecule has 0 unspecified atom stereocenters. The Hall–Kier alpha value is -3.93. The lowest BCUT2D eigenvalue weighted by Crippen LogP contribution is -2.40. The zero-order valence-electron chi connectivity index (χ0n) is 20.8. The van der Waals surface area contributed by atoms with E-state index in [2.05, 4.69) is 5.32 Å². The van der Waals surface area contributed by atoms with Crippen molar-refractivity contribution in [3.63, 3.8) is 0 Å². The van der Waals surface area contributed by atoms with Crippen molar-refractivity contribution in [2.75, 3.05) is 13.1 Å². The number of hydrogen-bond donors (Lipinski definition) is 1. The van der Waals surface area contributed by atoms with Crippen LogP contribution in [0, 0.1) is 13.8 Å². The highest BCUT2D eigenvalue weighted by atomic mass is 16.6. The van der Waals surface area contributed by atoms with E-state index in [1.54, 1.807) is 20.8 Å². The predicted molar refractivity (Wildman–Crippen MR) is 136 cm³/mol. The minimum Gasteiger partial charge on any atom is -0.444 e. The maximum Gasteiger partial charge on any atom is 0.407 e. The molecular weight excluding hydrogens is 440 g/mol. The number of benzene rings is 3. The van der Waals surface area contributed by atoms with Gasteiger partial charge in [0.25, 0.3) is 11.8 Å². The summed E-state index contributed by atoms with van der Waals surface area (Å²) in [6.45, 7) is 9.30. The maximum atomic E-state index is 13.5. The number of fused-ring (bicyclic) bond motifs is 1. The molecule has 1 heterocycles. The number of nitrogens with zero attached hydrogens (tertiary/aromatic N) is 1. The molecule has 0 aliphatic carbocycles. The lowest BCUT2D eigenvalue weighted by atomic mass is 9.82. The Kier molecular flexibility index (Phi) is 6.48. The van der Waals surface area contributed by atoms with Crippen molar-refractivity contribution >= 4 is 17.9 Å². The van der Waals surface area contributed by atoms with E-state index in [-0.39, 0.29) is 24.9 Å². The van der Waals surface area contributed by atoms with E-state index >= 15 is 0 Å². The predicted octanol–water partition coefficient (Wildman–Crippen LogP) is 5.76. The van der Waals surface area contributed by atoms with E-state index in [0.717, 1.165) is 33.4 Å². The summed E-state index contributed by atoms with van der Waals surface area (Å²) in [6.07, 6.45) is -0.584. The van der Waals surface area contributed by atoms with Gasteiger partial charge in [0.05, 0.1) is 11.1 Å². The number of alkyl carbamates (subject to hydrolysis) is 1. The van der Waals surface area contributed by atoms with Crippen LogP contribution < -0.4 is 5.32 Å². The van der Waals surface area contributed by atoms with Gasteiger partial charge < -0.3 is 10.1 Å². The fraction of sp³-hybridized carbons (Fsp3) is 0.276. The second-order valence-electron chi connectivity index (χ2n) is 9.67. The van der Waals surface area contributed by atoms with E-state index in [9.17, 15) is 14.4 Å². The highest BCUT2D eigenvalue weighted by molar-refractivity contribution is 6.24. The van der Waals surface area contributed by atoms with Gasteiger partial charge in [0.15, 0.2) is 0 Å². The third-order valence-corrected chi connectivity index (χ3v) is 6.05. The first-order chi connectivity index (χ1) is 16.6. The summed E-state index contributed by atoms with van der Waals surface area (Å²) >= 11 is 0. The highest BCUT2D eigenvalue weighted by Crippen LogP contribution is 2.43. The van der Waals surface area contributed by atoms with Gasteiger partial charge in [-0.25, -0.2) is 4.79 Å². The molecular formula is C29H30N2O4. The molecule has 3 aromatic rings. The molecule has 35 heavy (non-hydrogen) atoms. The normalized spacial score (nSPS) is 13.1. The summed E-state index contributed by atoms with van der Waals surface area (Å²) in [5, 5.41) is 2.63. The van der Waals surface area contributed by atoms with Gasteiger partial charge in [-0.3, -0.25) is 14.5 Å². The third kappa shape index (κ3) is 4.69. The second-order valence-corrected chi connectivity index (χ2v) is 9.67. The minimum absolute atomic E-state index is 0.0613. The van der Waals surface area contributed by atoms with Crippen molar-refractivity contribution in [3.05, 3.63) is 82.9 Å². The van der Waals surface area contributed by atoms with Gasteiger partial charge in [0, 0.05) is 13.1 Å². The van der Waals surface area contributed by atoms with Crippen LogP contribution in [0.5, 0.6) is 0 Å². The summed E-state index contributed by atoms with van der Waals surface area (Å²) < 4.78 is 5.25. The number of imide groups is 1. The van der Waals surface area contributed by atoms with Crippen LogP contribution in [0.4, 0.5) is 4.79 Å². The Morgan fingerprint density at radius 1 is 0.771 bits per heavy atom. The van der Waals surface area contributed by atoms with Gasteiger partial charge in [-0.1, -0.05) is 60.7 Å². The SMILES string of the molecule is Cc1c2c(c(C)c(-c3ccccc3)c1-c1ccccc1)C(=O)N(CCNC(=O)OC(C)(C)C)C2=O. The summed E-state index contributed by atoms with van der Waals surface area (Å²) in [4.78, 5) is 40.2. The monoisotopic (exact) mass is 470 g/mol. The molecule has 3 aromatic carbocycles. The number of ether oxygens (including phenoxy) is 1. The number of carbonyl (C=O) groups excluding carboxylic acids is 3. The Labute approximate surface area is 205 Å². The maximum absolute atomic E-state index is 13.5. The fourth-order valence-electron chi connectivity index (χ4n) is 4.62. The second kappa shape index (κ2) is 9.37. The quantitative estimate of drug-likeness (QED) is 0.481. The van der Waals surface area contributed by atoms with E-state index < -0.39 is 11.7 Å². The molecule has 0 saturated heterocycles. The molecule has 1 aliphatic heterocycles. The molecule has 0 fully saturated rings. The van der Waals surface area contributed by atoms with E-state index in [1.165, 1.54) is 4.90 Å². The Bertz CT molecular complexity index is 1210. The standard InChI is InChI=1S/C29H30N2O4/c1-18-22(20-12-8-6-9-13-20)23(21-14-10-7-11-15-21)19(2)25-24(18)26(32)31(27(25)33)17-16-30-28(34)35-29(3,4)5/h6-15H,16-17H2,1-5H3,(H,30,34). The van der Waals surface area contributed by atoms with Gasteiger partial charge >= 0.3 is 6.09 Å². The number of amides is 3. The van der Waals surface area contributed by atoms with Crippen LogP contribution in [0.1, 0.15) is 52.6 Å². The van der Waals surface area contributed by atoms with Crippen molar-refractivity contribution in [1.82, 2.24) is 10.2 Å². The Morgan fingerprint density at radius 2 is 1.20 bits per heavy atom. The molecule has 3 amide bonds.